The Morgan fingerprint density at radius 3 is 2.33 bits per heavy atom. The van der Waals surface area contributed by atoms with Crippen LogP contribution in [0, 0.1) is 0 Å². The number of rotatable bonds is 2. The van der Waals surface area contributed by atoms with Gasteiger partial charge in [-0.25, -0.2) is 9.59 Å². The van der Waals surface area contributed by atoms with Crippen molar-refractivity contribution in [2.45, 2.75) is 0 Å². The average molecular weight is 206 g/mol. The molecule has 1 N–H and O–H groups in total. The highest BCUT2D eigenvalue weighted by Crippen LogP contribution is 2.20. The smallest absolute Gasteiger partial charge is 0.382 e. The van der Waals surface area contributed by atoms with Gasteiger partial charge in [0.05, 0.1) is 6.08 Å². The molecule has 2 rings (SSSR count). The van der Waals surface area contributed by atoms with Crippen LogP contribution in [0.15, 0.2) is 36.1 Å². The van der Waals surface area contributed by atoms with E-state index in [2.05, 4.69) is 4.74 Å². The minimum absolute atomic E-state index is 0.0846. The van der Waals surface area contributed by atoms with Crippen LogP contribution in [0.3, 0.4) is 0 Å². The quantitative estimate of drug-likeness (QED) is 0.570. The van der Waals surface area contributed by atoms with Crippen molar-refractivity contribution in [1.82, 2.24) is 0 Å². The molecule has 5 nitrogen and oxygen atoms in total. The van der Waals surface area contributed by atoms with E-state index in [1.165, 1.54) is 24.3 Å². The number of phenolic OH excluding ortho intramolecular Hbond substituents is 1. The van der Waals surface area contributed by atoms with Gasteiger partial charge in [0.25, 0.3) is 0 Å². The van der Waals surface area contributed by atoms with Crippen LogP contribution >= 0.6 is 0 Å². The van der Waals surface area contributed by atoms with Gasteiger partial charge in [0.15, 0.2) is 0 Å². The lowest BCUT2D eigenvalue weighted by atomic mass is 10.3. The summed E-state index contributed by atoms with van der Waals surface area (Å²) in [7, 11) is 0. The first-order valence-electron chi connectivity index (χ1n) is 4.10. The normalized spacial score (nSPS) is 14.8. The van der Waals surface area contributed by atoms with Crippen molar-refractivity contribution in [1.29, 1.82) is 0 Å². The number of cyclic esters (lactones) is 2. The third kappa shape index (κ3) is 1.96. The van der Waals surface area contributed by atoms with Gasteiger partial charge in [0.1, 0.15) is 11.5 Å². The average Bonchev–Trinajstić information content (AvgIpc) is 2.49. The SMILES string of the molecule is O=C1C=C(Oc2ccc(O)cc2)C(=O)O1. The van der Waals surface area contributed by atoms with Crippen molar-refractivity contribution in [3.8, 4) is 11.5 Å². The van der Waals surface area contributed by atoms with Crippen LogP contribution in [-0.2, 0) is 14.3 Å². The number of carbonyl (C=O) groups excluding carboxylic acids is 2. The molecule has 0 bridgehead atoms. The van der Waals surface area contributed by atoms with Crippen molar-refractivity contribution in [3.63, 3.8) is 0 Å². The summed E-state index contributed by atoms with van der Waals surface area (Å²) in [6.07, 6.45) is 0.967. The summed E-state index contributed by atoms with van der Waals surface area (Å²) in [6.45, 7) is 0. The summed E-state index contributed by atoms with van der Waals surface area (Å²) in [5, 5.41) is 9.00. The van der Waals surface area contributed by atoms with Crippen molar-refractivity contribution in [3.05, 3.63) is 36.1 Å². The van der Waals surface area contributed by atoms with E-state index in [-0.39, 0.29) is 11.5 Å². The van der Waals surface area contributed by atoms with E-state index < -0.39 is 11.9 Å². The number of carbonyl (C=O) groups is 2. The maximum atomic E-state index is 11.0. The molecule has 0 aromatic heterocycles. The number of benzene rings is 1. The zero-order valence-corrected chi connectivity index (χ0v) is 7.47. The number of hydrogen-bond donors (Lipinski definition) is 1. The molecule has 5 heteroatoms. The van der Waals surface area contributed by atoms with Crippen LogP contribution in [0.25, 0.3) is 0 Å². The highest BCUT2D eigenvalue weighted by molar-refractivity contribution is 6.07. The van der Waals surface area contributed by atoms with Crippen LogP contribution < -0.4 is 4.74 Å². The lowest BCUT2D eigenvalue weighted by Crippen LogP contribution is -2.06. The number of hydrogen-bond acceptors (Lipinski definition) is 5. The van der Waals surface area contributed by atoms with Crippen LogP contribution in [-0.4, -0.2) is 17.0 Å². The molecule has 0 saturated carbocycles. The fraction of sp³-hybridized carbons (Fsp3) is 0. The molecule has 76 valence electrons. The van der Waals surface area contributed by atoms with Crippen LogP contribution in [0.4, 0.5) is 0 Å². The van der Waals surface area contributed by atoms with Crippen LogP contribution in [0.5, 0.6) is 11.5 Å². The number of ether oxygens (including phenoxy) is 2. The van der Waals surface area contributed by atoms with E-state index >= 15 is 0 Å². The van der Waals surface area contributed by atoms with Gasteiger partial charge in [-0.15, -0.1) is 0 Å². The molecule has 1 aromatic rings. The number of phenols is 1. The first-order chi connectivity index (χ1) is 7.15. The molecule has 0 spiro atoms. The zero-order chi connectivity index (χ0) is 10.8. The minimum Gasteiger partial charge on any atom is -0.508 e. The van der Waals surface area contributed by atoms with E-state index in [1.807, 2.05) is 0 Å². The molecule has 0 unspecified atom stereocenters. The summed E-state index contributed by atoms with van der Waals surface area (Å²) in [5.41, 5.74) is 0. The van der Waals surface area contributed by atoms with Gasteiger partial charge in [0, 0.05) is 0 Å². The Balaban J connectivity index is 2.16. The van der Waals surface area contributed by atoms with Gasteiger partial charge in [-0.05, 0) is 24.3 Å². The van der Waals surface area contributed by atoms with E-state index in [9.17, 15) is 9.59 Å². The van der Waals surface area contributed by atoms with Gasteiger partial charge in [-0.1, -0.05) is 0 Å². The lowest BCUT2D eigenvalue weighted by molar-refractivity contribution is -0.151. The summed E-state index contributed by atoms with van der Waals surface area (Å²) in [6, 6.07) is 5.73. The summed E-state index contributed by atoms with van der Waals surface area (Å²) < 4.78 is 9.29. The minimum atomic E-state index is -0.812. The van der Waals surface area contributed by atoms with E-state index in [0.717, 1.165) is 6.08 Å². The molecule has 0 radical (unpaired) electrons. The topological polar surface area (TPSA) is 72.8 Å². The second-order valence-electron chi connectivity index (χ2n) is 2.81. The Kier molecular flexibility index (Phi) is 2.13. The number of aromatic hydroxyl groups is 1. The Bertz CT molecular complexity index is 443. The van der Waals surface area contributed by atoms with E-state index in [4.69, 9.17) is 9.84 Å². The summed E-state index contributed by atoms with van der Waals surface area (Å²) in [5.74, 6) is -1.29. The van der Waals surface area contributed by atoms with Gasteiger partial charge in [0.2, 0.25) is 5.76 Å². The van der Waals surface area contributed by atoms with Gasteiger partial charge < -0.3 is 14.6 Å². The van der Waals surface area contributed by atoms with Gasteiger partial charge in [-0.2, -0.15) is 0 Å². The van der Waals surface area contributed by atoms with Crippen molar-refractivity contribution in [2.24, 2.45) is 0 Å². The first-order valence-corrected chi connectivity index (χ1v) is 4.10. The highest BCUT2D eigenvalue weighted by Gasteiger charge is 2.25. The standard InChI is InChI=1S/C10H6O5/c11-6-1-3-7(4-2-6)14-8-5-9(12)15-10(8)13/h1-5,11H. The molecular formula is C10H6O5. The molecular weight excluding hydrogens is 200 g/mol. The van der Waals surface area contributed by atoms with Crippen molar-refractivity contribution >= 4 is 11.9 Å². The van der Waals surface area contributed by atoms with Crippen molar-refractivity contribution in [2.75, 3.05) is 0 Å². The highest BCUT2D eigenvalue weighted by atomic mass is 16.6. The molecule has 15 heavy (non-hydrogen) atoms. The van der Waals surface area contributed by atoms with Gasteiger partial charge in [-0.3, -0.25) is 0 Å². The molecule has 0 aliphatic carbocycles. The van der Waals surface area contributed by atoms with E-state index in [1.54, 1.807) is 0 Å². The predicted octanol–water partition coefficient (Wildman–Crippen LogP) is 0.738. The Morgan fingerprint density at radius 2 is 1.80 bits per heavy atom. The lowest BCUT2D eigenvalue weighted by Gasteiger charge is -2.02. The van der Waals surface area contributed by atoms with Crippen LogP contribution in [0.1, 0.15) is 0 Å². The first kappa shape index (κ1) is 9.26. The Morgan fingerprint density at radius 1 is 1.13 bits per heavy atom. The van der Waals surface area contributed by atoms with Crippen LogP contribution in [0.2, 0.25) is 0 Å². The zero-order valence-electron chi connectivity index (χ0n) is 7.47. The summed E-state index contributed by atoms with van der Waals surface area (Å²) in [4.78, 5) is 21.6. The summed E-state index contributed by atoms with van der Waals surface area (Å²) >= 11 is 0. The molecule has 1 aliphatic rings. The molecule has 0 saturated heterocycles. The monoisotopic (exact) mass is 206 g/mol. The number of esters is 2. The molecule has 1 aliphatic heterocycles. The third-order valence-electron chi connectivity index (χ3n) is 1.71. The maximum absolute atomic E-state index is 11.0. The second kappa shape index (κ2) is 3.45. The molecule has 0 amide bonds. The van der Waals surface area contributed by atoms with Gasteiger partial charge >= 0.3 is 11.9 Å². The fourth-order valence-corrected chi connectivity index (χ4v) is 1.05. The second-order valence-corrected chi connectivity index (χ2v) is 2.81. The predicted molar refractivity (Wildman–Crippen MR) is 47.9 cm³/mol. The van der Waals surface area contributed by atoms with Crippen molar-refractivity contribution < 1.29 is 24.2 Å². The molecule has 0 atom stereocenters. The molecule has 0 fully saturated rings. The fourth-order valence-electron chi connectivity index (χ4n) is 1.05. The third-order valence-corrected chi connectivity index (χ3v) is 1.71. The molecule has 1 heterocycles. The maximum Gasteiger partial charge on any atom is 0.382 e. The largest absolute Gasteiger partial charge is 0.508 e. The Hall–Kier alpha value is -2.30. The van der Waals surface area contributed by atoms with E-state index in [0.29, 0.717) is 5.75 Å². The Labute approximate surface area is 84.5 Å². The molecule has 1 aromatic carbocycles.